The Kier molecular flexibility index (Phi) is 3.04. The lowest BCUT2D eigenvalue weighted by atomic mass is 9.92. The first-order chi connectivity index (χ1) is 13.4. The first-order valence-corrected chi connectivity index (χ1v) is 9.50. The van der Waals surface area contributed by atoms with E-state index in [0.29, 0.717) is 0 Å². The highest BCUT2D eigenvalue weighted by Crippen LogP contribution is 2.43. The van der Waals surface area contributed by atoms with Crippen LogP contribution in [-0.2, 0) is 6.42 Å². The van der Waals surface area contributed by atoms with Gasteiger partial charge >= 0.3 is 0 Å². The van der Waals surface area contributed by atoms with E-state index in [2.05, 4.69) is 97.1 Å². The van der Waals surface area contributed by atoms with Crippen LogP contribution in [0.25, 0.3) is 43.8 Å². The van der Waals surface area contributed by atoms with E-state index in [1.165, 1.54) is 54.9 Å². The highest BCUT2D eigenvalue weighted by molar-refractivity contribution is 6.10. The van der Waals surface area contributed by atoms with Crippen molar-refractivity contribution in [1.29, 1.82) is 0 Å². The average Bonchev–Trinajstić information content (AvgIpc) is 3.11. The van der Waals surface area contributed by atoms with Crippen molar-refractivity contribution >= 4 is 21.5 Å². The van der Waals surface area contributed by atoms with E-state index in [9.17, 15) is 0 Å². The molecule has 0 saturated carbocycles. The second-order valence-corrected chi connectivity index (χ2v) is 7.40. The molecule has 5 aromatic carbocycles. The summed E-state index contributed by atoms with van der Waals surface area (Å²) in [5.41, 5.74) is 8.29. The van der Waals surface area contributed by atoms with Gasteiger partial charge in [-0.3, -0.25) is 0 Å². The lowest BCUT2D eigenvalue weighted by Crippen LogP contribution is -1.86. The van der Waals surface area contributed by atoms with Crippen molar-refractivity contribution < 1.29 is 0 Å². The fraction of sp³-hybridized carbons (Fsp3) is 0.0370. The SMILES string of the molecule is c1ccc(-c2cccc3cc4ccc5c(c4cc23)-c2ccccc2C5)cc1. The molecule has 0 unspecified atom stereocenters. The van der Waals surface area contributed by atoms with Gasteiger partial charge < -0.3 is 0 Å². The van der Waals surface area contributed by atoms with E-state index in [1.807, 2.05) is 0 Å². The topological polar surface area (TPSA) is 0 Å². The summed E-state index contributed by atoms with van der Waals surface area (Å²) in [5, 5.41) is 5.32. The predicted molar refractivity (Wildman–Crippen MR) is 115 cm³/mol. The van der Waals surface area contributed by atoms with E-state index >= 15 is 0 Å². The summed E-state index contributed by atoms with van der Waals surface area (Å²) < 4.78 is 0. The van der Waals surface area contributed by atoms with Gasteiger partial charge in [0.1, 0.15) is 0 Å². The number of benzene rings is 5. The first-order valence-electron chi connectivity index (χ1n) is 9.50. The lowest BCUT2D eigenvalue weighted by molar-refractivity contribution is 1.27. The van der Waals surface area contributed by atoms with Crippen molar-refractivity contribution in [3.8, 4) is 22.3 Å². The van der Waals surface area contributed by atoms with Gasteiger partial charge in [-0.15, -0.1) is 0 Å². The predicted octanol–water partition coefficient (Wildman–Crippen LogP) is 7.23. The van der Waals surface area contributed by atoms with Crippen LogP contribution in [-0.4, -0.2) is 0 Å². The van der Waals surface area contributed by atoms with Crippen molar-refractivity contribution in [1.82, 2.24) is 0 Å². The van der Waals surface area contributed by atoms with Crippen molar-refractivity contribution in [3.63, 3.8) is 0 Å². The standard InChI is InChI=1S/C27H18/c1-2-7-18(8-3-1)23-12-6-10-20-15-21-13-14-22-16-19-9-4-5-11-24(19)27(22)26(21)17-25(20)23/h1-15,17H,16H2. The van der Waals surface area contributed by atoms with Gasteiger partial charge in [-0.05, 0) is 73.5 Å². The van der Waals surface area contributed by atoms with Gasteiger partial charge in [0.05, 0.1) is 0 Å². The summed E-state index contributed by atoms with van der Waals surface area (Å²) in [6.45, 7) is 0. The first kappa shape index (κ1) is 14.8. The Morgan fingerprint density at radius 3 is 2.19 bits per heavy atom. The van der Waals surface area contributed by atoms with E-state index < -0.39 is 0 Å². The molecular weight excluding hydrogens is 324 g/mol. The van der Waals surface area contributed by atoms with Crippen LogP contribution in [0.15, 0.2) is 97.1 Å². The van der Waals surface area contributed by atoms with E-state index in [0.717, 1.165) is 6.42 Å². The Hall–Kier alpha value is -3.38. The molecule has 0 nitrogen and oxygen atoms in total. The summed E-state index contributed by atoms with van der Waals surface area (Å²) in [6.07, 6.45) is 1.04. The molecule has 0 amide bonds. The summed E-state index contributed by atoms with van der Waals surface area (Å²) in [5.74, 6) is 0. The number of rotatable bonds is 1. The molecular formula is C27H18. The molecule has 0 atom stereocenters. The van der Waals surface area contributed by atoms with Crippen LogP contribution >= 0.6 is 0 Å². The second-order valence-electron chi connectivity index (χ2n) is 7.40. The minimum atomic E-state index is 1.04. The second kappa shape index (κ2) is 5.56. The molecule has 5 aromatic rings. The Labute approximate surface area is 158 Å². The van der Waals surface area contributed by atoms with Gasteiger partial charge in [-0.1, -0.05) is 84.9 Å². The number of hydrogen-bond donors (Lipinski definition) is 0. The third-order valence-corrected chi connectivity index (χ3v) is 5.86. The van der Waals surface area contributed by atoms with Crippen molar-refractivity contribution in [2.75, 3.05) is 0 Å². The zero-order chi connectivity index (χ0) is 17.8. The summed E-state index contributed by atoms with van der Waals surface area (Å²) >= 11 is 0. The van der Waals surface area contributed by atoms with E-state index in [4.69, 9.17) is 0 Å². The van der Waals surface area contributed by atoms with Crippen LogP contribution < -0.4 is 0 Å². The van der Waals surface area contributed by atoms with Gasteiger partial charge in [0.15, 0.2) is 0 Å². The molecule has 126 valence electrons. The molecule has 0 heteroatoms. The molecule has 0 heterocycles. The molecule has 1 aliphatic rings. The van der Waals surface area contributed by atoms with Gasteiger partial charge in [-0.25, -0.2) is 0 Å². The summed E-state index contributed by atoms with van der Waals surface area (Å²) in [7, 11) is 0. The molecule has 0 saturated heterocycles. The normalized spacial score (nSPS) is 12.3. The zero-order valence-electron chi connectivity index (χ0n) is 14.9. The van der Waals surface area contributed by atoms with Crippen molar-refractivity contribution in [2.24, 2.45) is 0 Å². The Bertz CT molecular complexity index is 1330. The fourth-order valence-corrected chi connectivity index (χ4v) is 4.60. The molecule has 0 fully saturated rings. The molecule has 0 N–H and O–H groups in total. The van der Waals surface area contributed by atoms with Crippen LogP contribution in [0.5, 0.6) is 0 Å². The molecule has 0 spiro atoms. The molecule has 0 bridgehead atoms. The maximum absolute atomic E-state index is 2.41. The maximum Gasteiger partial charge on any atom is -0.00132 e. The highest BCUT2D eigenvalue weighted by Gasteiger charge is 2.20. The molecule has 1 aliphatic carbocycles. The van der Waals surface area contributed by atoms with Gasteiger partial charge in [0.25, 0.3) is 0 Å². The van der Waals surface area contributed by atoms with Crippen molar-refractivity contribution in [3.05, 3.63) is 108 Å². The minimum Gasteiger partial charge on any atom is -0.0622 e. The summed E-state index contributed by atoms with van der Waals surface area (Å²) in [4.78, 5) is 0. The van der Waals surface area contributed by atoms with Crippen LogP contribution in [0.4, 0.5) is 0 Å². The third-order valence-electron chi connectivity index (χ3n) is 5.86. The quantitative estimate of drug-likeness (QED) is 0.276. The summed E-state index contributed by atoms with van der Waals surface area (Å²) in [6, 6.07) is 35.5. The maximum atomic E-state index is 2.41. The smallest absolute Gasteiger partial charge is 0.00132 e. The fourth-order valence-electron chi connectivity index (χ4n) is 4.60. The van der Waals surface area contributed by atoms with Crippen molar-refractivity contribution in [2.45, 2.75) is 6.42 Å². The van der Waals surface area contributed by atoms with Gasteiger partial charge in [0.2, 0.25) is 0 Å². The number of hydrogen-bond acceptors (Lipinski definition) is 0. The monoisotopic (exact) mass is 342 g/mol. The van der Waals surface area contributed by atoms with E-state index in [1.54, 1.807) is 0 Å². The Balaban J connectivity index is 1.72. The van der Waals surface area contributed by atoms with Gasteiger partial charge in [0, 0.05) is 0 Å². The van der Waals surface area contributed by atoms with Crippen LogP contribution in [0.1, 0.15) is 11.1 Å². The molecule has 0 aromatic heterocycles. The molecule has 6 rings (SSSR count). The molecule has 0 aliphatic heterocycles. The van der Waals surface area contributed by atoms with Crippen LogP contribution in [0.2, 0.25) is 0 Å². The number of fused-ring (bicyclic) bond motifs is 6. The zero-order valence-corrected chi connectivity index (χ0v) is 14.9. The minimum absolute atomic E-state index is 1.04. The Morgan fingerprint density at radius 2 is 1.26 bits per heavy atom. The average molecular weight is 342 g/mol. The molecule has 0 radical (unpaired) electrons. The molecule has 27 heavy (non-hydrogen) atoms. The van der Waals surface area contributed by atoms with E-state index in [-0.39, 0.29) is 0 Å². The van der Waals surface area contributed by atoms with Crippen LogP contribution in [0.3, 0.4) is 0 Å². The Morgan fingerprint density at radius 1 is 0.481 bits per heavy atom. The van der Waals surface area contributed by atoms with Crippen LogP contribution in [0, 0.1) is 0 Å². The van der Waals surface area contributed by atoms with Gasteiger partial charge in [-0.2, -0.15) is 0 Å². The highest BCUT2D eigenvalue weighted by atomic mass is 14.2. The largest absolute Gasteiger partial charge is 0.0622 e. The lowest BCUT2D eigenvalue weighted by Gasteiger charge is -2.12. The third kappa shape index (κ3) is 2.17.